The van der Waals surface area contributed by atoms with E-state index in [1.54, 1.807) is 35.4 Å². The lowest BCUT2D eigenvalue weighted by atomic mass is 10.1. The minimum absolute atomic E-state index is 0.0453. The summed E-state index contributed by atoms with van der Waals surface area (Å²) in [7, 11) is 3.68. The normalized spacial score (nSPS) is 17.6. The lowest BCUT2D eigenvalue weighted by Gasteiger charge is -2.41. The van der Waals surface area contributed by atoms with E-state index in [1.807, 2.05) is 62.5 Å². The summed E-state index contributed by atoms with van der Waals surface area (Å²) >= 11 is 2.78. The van der Waals surface area contributed by atoms with Crippen molar-refractivity contribution in [3.8, 4) is 6.07 Å². The Morgan fingerprint density at radius 3 is 2.58 bits per heavy atom. The molecule has 14 heteroatoms. The maximum atomic E-state index is 15.2. The molecule has 258 valence electrons. The van der Waals surface area contributed by atoms with Crippen LogP contribution in [-0.4, -0.2) is 86.6 Å². The summed E-state index contributed by atoms with van der Waals surface area (Å²) in [5.41, 5.74) is 3.03. The van der Waals surface area contributed by atoms with E-state index < -0.39 is 11.4 Å². The summed E-state index contributed by atoms with van der Waals surface area (Å²) in [6, 6.07) is 15.7. The van der Waals surface area contributed by atoms with Gasteiger partial charge in [-0.15, -0.1) is 11.3 Å². The van der Waals surface area contributed by atoms with Crippen LogP contribution in [0.25, 0.3) is 21.3 Å². The second-order valence-electron chi connectivity index (χ2n) is 13.8. The van der Waals surface area contributed by atoms with E-state index in [-0.39, 0.29) is 18.2 Å². The molecule has 2 aliphatic rings. The van der Waals surface area contributed by atoms with Crippen molar-refractivity contribution >= 4 is 67.7 Å². The first-order chi connectivity index (χ1) is 24.0. The summed E-state index contributed by atoms with van der Waals surface area (Å²) < 4.78 is 23.2. The molecular weight excluding hydrogens is 674 g/mol. The zero-order valence-electron chi connectivity index (χ0n) is 28.6. The minimum Gasteiger partial charge on any atom is -0.444 e. The van der Waals surface area contributed by atoms with E-state index in [2.05, 4.69) is 28.1 Å². The molecule has 0 N–H and O–H groups in total. The van der Waals surface area contributed by atoms with Crippen molar-refractivity contribution < 1.29 is 13.9 Å². The van der Waals surface area contributed by atoms with Crippen LogP contribution in [0.3, 0.4) is 0 Å². The molecule has 2 saturated heterocycles. The molecule has 50 heavy (non-hydrogen) atoms. The number of aromatic nitrogens is 4. The number of hydrogen-bond acceptors (Lipinski definition) is 10. The number of thioether (sulfide) groups is 1. The number of anilines is 1. The highest BCUT2D eigenvalue weighted by molar-refractivity contribution is 7.98. The molecule has 5 heterocycles. The standard InChI is InChI=1S/C36H38FN9O2S2/c1-36(2,3)48-35(47)44-17-24-12-13-25(18-44)46(24)34-41-31-29(33(42-34)49-19-22-9-7-6-8-10-22)39-21-45(31)16-23-11-14-27(37)30-28(23)26(15-38)32(50-30)40-20-43(4)5/h6-11,14,20-21,24-25H,12-13,16-19H2,1-5H3/b40-20+/t24-,25+. The van der Waals surface area contributed by atoms with Gasteiger partial charge in [0.05, 0.1) is 41.6 Å². The van der Waals surface area contributed by atoms with Crippen molar-refractivity contribution in [2.75, 3.05) is 32.1 Å². The predicted molar refractivity (Wildman–Crippen MR) is 196 cm³/mol. The first-order valence-corrected chi connectivity index (χ1v) is 18.3. The van der Waals surface area contributed by atoms with Gasteiger partial charge in [0, 0.05) is 38.3 Å². The largest absolute Gasteiger partial charge is 0.444 e. The van der Waals surface area contributed by atoms with Crippen molar-refractivity contribution in [3.05, 3.63) is 71.3 Å². The van der Waals surface area contributed by atoms with Gasteiger partial charge >= 0.3 is 6.09 Å². The Kier molecular flexibility index (Phi) is 9.13. The van der Waals surface area contributed by atoms with Gasteiger partial charge in [-0.1, -0.05) is 48.2 Å². The van der Waals surface area contributed by atoms with Crippen molar-refractivity contribution in [2.24, 2.45) is 4.99 Å². The number of thiophene rings is 1. The smallest absolute Gasteiger partial charge is 0.410 e. The molecule has 2 aromatic carbocycles. The lowest BCUT2D eigenvalue weighted by molar-refractivity contribution is 0.0208. The highest BCUT2D eigenvalue weighted by Gasteiger charge is 2.44. The third-order valence-corrected chi connectivity index (χ3v) is 10.9. The number of halogens is 1. The molecule has 2 atom stereocenters. The van der Waals surface area contributed by atoms with E-state index in [0.29, 0.717) is 63.2 Å². The Hall–Kier alpha value is -4.74. The number of fused-ring (bicyclic) bond motifs is 4. The molecule has 3 aromatic heterocycles. The van der Waals surface area contributed by atoms with E-state index >= 15 is 4.39 Å². The average Bonchev–Trinajstić information content (AvgIpc) is 3.74. The van der Waals surface area contributed by atoms with Crippen molar-refractivity contribution in [1.82, 2.24) is 29.3 Å². The van der Waals surface area contributed by atoms with Crippen molar-refractivity contribution in [1.29, 1.82) is 5.26 Å². The first-order valence-electron chi connectivity index (χ1n) is 16.5. The van der Waals surface area contributed by atoms with Crippen LogP contribution in [0.1, 0.15) is 50.3 Å². The number of aliphatic imine (C=N–C) groups is 1. The maximum Gasteiger partial charge on any atom is 0.410 e. The second kappa shape index (κ2) is 13.5. The van der Waals surface area contributed by atoms with E-state index in [9.17, 15) is 10.1 Å². The molecule has 2 fully saturated rings. The van der Waals surface area contributed by atoms with Crippen molar-refractivity contribution in [3.63, 3.8) is 0 Å². The maximum absolute atomic E-state index is 15.2. The predicted octanol–water partition coefficient (Wildman–Crippen LogP) is 7.20. The number of amides is 1. The van der Waals surface area contributed by atoms with Crippen LogP contribution in [0.4, 0.5) is 20.1 Å². The lowest BCUT2D eigenvalue weighted by Crippen LogP contribution is -2.56. The van der Waals surface area contributed by atoms with Gasteiger partial charge in [0.25, 0.3) is 0 Å². The third-order valence-electron chi connectivity index (χ3n) is 8.72. The summed E-state index contributed by atoms with van der Waals surface area (Å²) in [4.78, 5) is 38.4. The van der Waals surface area contributed by atoms with Gasteiger partial charge in [-0.25, -0.2) is 24.1 Å². The van der Waals surface area contributed by atoms with Gasteiger partial charge in [-0.2, -0.15) is 10.2 Å². The van der Waals surface area contributed by atoms with Gasteiger partial charge in [0.15, 0.2) is 5.65 Å². The number of benzene rings is 2. The third kappa shape index (κ3) is 6.72. The number of imidazole rings is 1. The number of nitrogens with zero attached hydrogens (tertiary/aromatic N) is 9. The molecule has 2 bridgehead atoms. The van der Waals surface area contributed by atoms with Crippen LogP contribution < -0.4 is 4.90 Å². The van der Waals surface area contributed by atoms with E-state index in [0.717, 1.165) is 23.4 Å². The van der Waals surface area contributed by atoms with Crippen LogP contribution in [0, 0.1) is 17.1 Å². The van der Waals surface area contributed by atoms with Crippen LogP contribution in [0.15, 0.2) is 58.8 Å². The van der Waals surface area contributed by atoms with Gasteiger partial charge in [-0.05, 0) is 50.8 Å². The molecule has 1 amide bonds. The Labute approximate surface area is 298 Å². The minimum atomic E-state index is -0.571. The molecule has 0 saturated carbocycles. The number of likely N-dealkylation sites (tertiary alicyclic amines) is 1. The molecule has 11 nitrogen and oxygen atoms in total. The zero-order chi connectivity index (χ0) is 35.2. The van der Waals surface area contributed by atoms with Crippen LogP contribution in [0.2, 0.25) is 0 Å². The van der Waals surface area contributed by atoms with E-state index in [1.165, 1.54) is 23.0 Å². The number of ether oxygens (including phenoxy) is 1. The summed E-state index contributed by atoms with van der Waals surface area (Å²) in [5.74, 6) is 0.912. The number of nitriles is 1. The summed E-state index contributed by atoms with van der Waals surface area (Å²) in [5, 5.41) is 12.0. The van der Waals surface area contributed by atoms with Crippen LogP contribution in [-0.2, 0) is 17.0 Å². The summed E-state index contributed by atoms with van der Waals surface area (Å²) in [6.45, 7) is 7.01. The monoisotopic (exact) mass is 711 g/mol. The fraction of sp³-hybridized carbons (Fsp3) is 0.389. The highest BCUT2D eigenvalue weighted by Crippen LogP contribution is 2.41. The van der Waals surface area contributed by atoms with Crippen LogP contribution in [0.5, 0.6) is 0 Å². The van der Waals surface area contributed by atoms with Gasteiger partial charge in [0.2, 0.25) is 5.95 Å². The van der Waals surface area contributed by atoms with Gasteiger partial charge in [-0.3, -0.25) is 0 Å². The molecule has 0 unspecified atom stereocenters. The number of piperazine rings is 1. The topological polar surface area (TPSA) is 116 Å². The van der Waals surface area contributed by atoms with Gasteiger partial charge in [0.1, 0.15) is 33.0 Å². The van der Waals surface area contributed by atoms with Crippen LogP contribution >= 0.6 is 23.1 Å². The Morgan fingerprint density at radius 1 is 1.16 bits per heavy atom. The molecule has 0 radical (unpaired) electrons. The van der Waals surface area contributed by atoms with Gasteiger partial charge < -0.3 is 24.0 Å². The van der Waals surface area contributed by atoms with E-state index in [4.69, 9.17) is 19.7 Å². The number of rotatable bonds is 8. The number of carbonyl (C=O) groups excluding carboxylic acids is 1. The highest BCUT2D eigenvalue weighted by atomic mass is 32.2. The molecule has 7 rings (SSSR count). The fourth-order valence-corrected chi connectivity index (χ4v) is 8.54. The van der Waals surface area contributed by atoms with Crippen molar-refractivity contribution in [2.45, 2.75) is 68.6 Å². The quantitative estimate of drug-likeness (QED) is 0.0713. The average molecular weight is 712 g/mol. The number of hydrogen-bond donors (Lipinski definition) is 0. The molecule has 0 spiro atoms. The Morgan fingerprint density at radius 2 is 1.90 bits per heavy atom. The molecule has 0 aliphatic carbocycles. The molecule has 2 aliphatic heterocycles. The second-order valence-corrected chi connectivity index (χ2v) is 15.8. The molecular formula is C36H38FN9O2S2. The Balaban J connectivity index is 1.28. The Bertz CT molecular complexity index is 2120. The fourth-order valence-electron chi connectivity index (χ4n) is 6.57. The zero-order valence-corrected chi connectivity index (χ0v) is 30.3. The summed E-state index contributed by atoms with van der Waals surface area (Å²) in [6.07, 6.45) is 4.88. The first kappa shape index (κ1) is 33.7. The SMILES string of the molecule is CN(C)/C=N/c1sc2c(F)ccc(Cn3cnc4c(SCc5ccccc5)nc(N5[C@@H]6CC[C@H]5CN(C(=O)OC(C)(C)C)C6)nc43)c2c1C#N. The molecule has 5 aromatic rings. The number of carbonyl (C=O) groups is 1.